The summed E-state index contributed by atoms with van der Waals surface area (Å²) in [6.07, 6.45) is 0. The Kier molecular flexibility index (Phi) is 6.33. The average molecular weight is 429 g/mol. The minimum atomic E-state index is -3.69. The Labute approximate surface area is 175 Å². The van der Waals surface area contributed by atoms with Crippen molar-refractivity contribution in [3.8, 4) is 0 Å². The van der Waals surface area contributed by atoms with Gasteiger partial charge in [0.2, 0.25) is 10.0 Å². The molecule has 0 aliphatic carbocycles. The predicted molar refractivity (Wildman–Crippen MR) is 114 cm³/mol. The Morgan fingerprint density at radius 1 is 1.10 bits per heavy atom. The number of ether oxygens (including phenoxy) is 1. The molecule has 3 rings (SSSR count). The van der Waals surface area contributed by atoms with Crippen molar-refractivity contribution in [3.63, 3.8) is 0 Å². The first kappa shape index (κ1) is 21.7. The van der Waals surface area contributed by atoms with Crippen LogP contribution in [0.15, 0.2) is 47.4 Å². The van der Waals surface area contributed by atoms with E-state index in [4.69, 9.17) is 10.5 Å². The monoisotopic (exact) mass is 428 g/mol. The maximum Gasteiger partial charge on any atom is 0.338 e. The van der Waals surface area contributed by atoms with Crippen molar-refractivity contribution < 1.29 is 17.9 Å². The number of hydrogen-bond donors (Lipinski definition) is 1. The second kappa shape index (κ2) is 8.76. The topological polar surface area (TPSA) is 115 Å². The van der Waals surface area contributed by atoms with E-state index in [1.807, 2.05) is 18.2 Å². The molecule has 0 fully saturated rings. The summed E-state index contributed by atoms with van der Waals surface area (Å²) in [5, 5.41) is 0.720. The Bertz CT molecular complexity index is 1190. The first-order valence-electron chi connectivity index (χ1n) is 9.57. The number of esters is 1. The van der Waals surface area contributed by atoms with Crippen molar-refractivity contribution in [3.05, 3.63) is 59.4 Å². The standard InChI is InChI=1S/C21H24N4O4S/c1-4-25(5-2)30(27,28)15-11-10-14(3)17(12-15)21(26)29-13-19-23-18-9-7-6-8-16(18)20(22)24-19/h6-12H,4-5,13H2,1-3H3,(H2,22,23,24). The lowest BCUT2D eigenvalue weighted by molar-refractivity contribution is 0.0461. The molecule has 0 atom stereocenters. The lowest BCUT2D eigenvalue weighted by atomic mass is 10.1. The number of rotatable bonds is 7. The van der Waals surface area contributed by atoms with Gasteiger partial charge in [-0.05, 0) is 36.8 Å². The van der Waals surface area contributed by atoms with Gasteiger partial charge >= 0.3 is 5.97 Å². The Hall–Kier alpha value is -3.04. The van der Waals surface area contributed by atoms with Crippen LogP contribution in [0.5, 0.6) is 0 Å². The second-order valence-electron chi connectivity index (χ2n) is 6.68. The van der Waals surface area contributed by atoms with Crippen LogP contribution in [0.25, 0.3) is 10.9 Å². The summed E-state index contributed by atoms with van der Waals surface area (Å²) in [6, 6.07) is 11.7. The summed E-state index contributed by atoms with van der Waals surface area (Å²) in [7, 11) is -3.69. The molecule has 2 aromatic carbocycles. The predicted octanol–water partition coefficient (Wildman–Crippen LogP) is 2.91. The van der Waals surface area contributed by atoms with Crippen LogP contribution in [0, 0.1) is 6.92 Å². The van der Waals surface area contributed by atoms with Crippen LogP contribution in [0.3, 0.4) is 0 Å². The first-order chi connectivity index (χ1) is 14.3. The molecule has 1 aromatic heterocycles. The van der Waals surface area contributed by atoms with Crippen LogP contribution >= 0.6 is 0 Å². The molecule has 0 saturated carbocycles. The average Bonchev–Trinajstić information content (AvgIpc) is 2.73. The number of benzene rings is 2. The summed E-state index contributed by atoms with van der Waals surface area (Å²) in [5.41, 5.74) is 7.40. The highest BCUT2D eigenvalue weighted by atomic mass is 32.2. The van der Waals surface area contributed by atoms with Crippen molar-refractivity contribution in [1.29, 1.82) is 0 Å². The summed E-state index contributed by atoms with van der Waals surface area (Å²) < 4.78 is 32.2. The highest BCUT2D eigenvalue weighted by Crippen LogP contribution is 2.21. The molecule has 8 nitrogen and oxygen atoms in total. The molecular weight excluding hydrogens is 404 g/mol. The van der Waals surface area contributed by atoms with Gasteiger partial charge in [-0.25, -0.2) is 23.2 Å². The number of hydrogen-bond acceptors (Lipinski definition) is 7. The van der Waals surface area contributed by atoms with E-state index in [0.717, 1.165) is 5.39 Å². The molecule has 0 amide bonds. The van der Waals surface area contributed by atoms with Gasteiger partial charge in [0.05, 0.1) is 16.0 Å². The molecule has 3 aromatic rings. The van der Waals surface area contributed by atoms with Crippen molar-refractivity contribution in [1.82, 2.24) is 14.3 Å². The number of aryl methyl sites for hydroxylation is 1. The number of sulfonamides is 1. The normalized spacial score (nSPS) is 11.7. The Balaban J connectivity index is 1.84. The first-order valence-corrected chi connectivity index (χ1v) is 11.0. The fourth-order valence-electron chi connectivity index (χ4n) is 3.12. The number of nitrogen functional groups attached to an aromatic ring is 1. The number of para-hydroxylation sites is 1. The van der Waals surface area contributed by atoms with Gasteiger partial charge < -0.3 is 10.5 Å². The highest BCUT2D eigenvalue weighted by molar-refractivity contribution is 7.89. The molecular formula is C21H24N4O4S. The largest absolute Gasteiger partial charge is 0.454 e. The van der Waals surface area contributed by atoms with E-state index < -0.39 is 16.0 Å². The molecule has 0 unspecified atom stereocenters. The molecule has 0 radical (unpaired) electrons. The fraction of sp³-hybridized carbons (Fsp3) is 0.286. The van der Waals surface area contributed by atoms with Gasteiger partial charge in [-0.3, -0.25) is 0 Å². The zero-order chi connectivity index (χ0) is 21.9. The summed E-state index contributed by atoms with van der Waals surface area (Å²) in [5.74, 6) is -0.0845. The van der Waals surface area contributed by atoms with Crippen molar-refractivity contribution >= 4 is 32.7 Å². The van der Waals surface area contributed by atoms with E-state index in [1.54, 1.807) is 32.9 Å². The maximum atomic E-state index is 12.8. The van der Waals surface area contributed by atoms with Crippen molar-refractivity contribution in [2.24, 2.45) is 0 Å². The lowest BCUT2D eigenvalue weighted by Crippen LogP contribution is -2.30. The van der Waals surface area contributed by atoms with Crippen LogP contribution in [0.1, 0.15) is 35.6 Å². The van der Waals surface area contributed by atoms with Gasteiger partial charge in [-0.1, -0.05) is 32.0 Å². The zero-order valence-electron chi connectivity index (χ0n) is 17.1. The molecule has 9 heteroatoms. The number of aromatic nitrogens is 2. The third-order valence-corrected chi connectivity index (χ3v) is 6.83. The molecule has 2 N–H and O–H groups in total. The molecule has 30 heavy (non-hydrogen) atoms. The molecule has 0 bridgehead atoms. The van der Waals surface area contributed by atoms with Crippen LogP contribution in [0.4, 0.5) is 5.82 Å². The van der Waals surface area contributed by atoms with Gasteiger partial charge in [0, 0.05) is 18.5 Å². The highest BCUT2D eigenvalue weighted by Gasteiger charge is 2.24. The van der Waals surface area contributed by atoms with Crippen LogP contribution < -0.4 is 5.73 Å². The Morgan fingerprint density at radius 3 is 2.50 bits per heavy atom. The van der Waals surface area contributed by atoms with Gasteiger partial charge in [-0.15, -0.1) is 0 Å². The fourth-order valence-corrected chi connectivity index (χ4v) is 4.60. The quantitative estimate of drug-likeness (QED) is 0.575. The molecule has 0 aliphatic rings. The third kappa shape index (κ3) is 4.27. The number of fused-ring (bicyclic) bond motifs is 1. The second-order valence-corrected chi connectivity index (χ2v) is 8.62. The van der Waals surface area contributed by atoms with Gasteiger partial charge in [0.15, 0.2) is 12.4 Å². The van der Waals surface area contributed by atoms with Gasteiger partial charge in [0.25, 0.3) is 0 Å². The summed E-state index contributed by atoms with van der Waals surface area (Å²) >= 11 is 0. The minimum Gasteiger partial charge on any atom is -0.454 e. The Morgan fingerprint density at radius 2 is 1.80 bits per heavy atom. The van der Waals surface area contributed by atoms with E-state index in [-0.39, 0.29) is 22.9 Å². The van der Waals surface area contributed by atoms with Gasteiger partial charge in [0.1, 0.15) is 5.82 Å². The van der Waals surface area contributed by atoms with Gasteiger partial charge in [-0.2, -0.15) is 4.31 Å². The number of carbonyl (C=O) groups excluding carboxylic acids is 1. The third-order valence-electron chi connectivity index (χ3n) is 4.78. The SMILES string of the molecule is CCN(CC)S(=O)(=O)c1ccc(C)c(C(=O)OCc2nc(N)c3ccccc3n2)c1. The molecule has 1 heterocycles. The van der Waals surface area contributed by atoms with Crippen LogP contribution in [0.2, 0.25) is 0 Å². The molecule has 0 saturated heterocycles. The molecule has 0 spiro atoms. The maximum absolute atomic E-state index is 12.8. The zero-order valence-corrected chi connectivity index (χ0v) is 17.9. The molecule has 0 aliphatic heterocycles. The van der Waals surface area contributed by atoms with Crippen molar-refractivity contribution in [2.45, 2.75) is 32.3 Å². The van der Waals surface area contributed by atoms with E-state index in [2.05, 4.69) is 9.97 Å². The van der Waals surface area contributed by atoms with Crippen molar-refractivity contribution in [2.75, 3.05) is 18.8 Å². The van der Waals surface area contributed by atoms with Crippen LogP contribution in [-0.4, -0.2) is 41.7 Å². The minimum absolute atomic E-state index is 0.0509. The molecule has 158 valence electrons. The number of nitrogens with zero attached hydrogens (tertiary/aromatic N) is 3. The van der Waals surface area contributed by atoms with E-state index >= 15 is 0 Å². The number of nitrogens with two attached hydrogens (primary N) is 1. The summed E-state index contributed by atoms with van der Waals surface area (Å²) in [6.45, 7) is 5.75. The lowest BCUT2D eigenvalue weighted by Gasteiger charge is -2.19. The van der Waals surface area contributed by atoms with E-state index in [1.165, 1.54) is 16.4 Å². The number of anilines is 1. The smallest absolute Gasteiger partial charge is 0.338 e. The van der Waals surface area contributed by atoms with Crippen LogP contribution in [-0.2, 0) is 21.4 Å². The van der Waals surface area contributed by atoms with E-state index in [0.29, 0.717) is 30.0 Å². The summed E-state index contributed by atoms with van der Waals surface area (Å²) in [4.78, 5) is 21.2. The number of carbonyl (C=O) groups is 1. The van der Waals surface area contributed by atoms with E-state index in [9.17, 15) is 13.2 Å².